The van der Waals surface area contributed by atoms with Crippen molar-refractivity contribution < 1.29 is 23.7 Å². The Morgan fingerprint density at radius 1 is 1.36 bits per heavy atom. The van der Waals surface area contributed by atoms with Gasteiger partial charge in [-0.3, -0.25) is 4.79 Å². The fraction of sp³-hybridized carbons (Fsp3) is 0.632. The molecule has 6 nitrogen and oxygen atoms in total. The summed E-state index contributed by atoms with van der Waals surface area (Å²) < 4.78 is 22.2. The van der Waals surface area contributed by atoms with E-state index in [1.54, 1.807) is 7.11 Å². The Hall–Kier alpha value is -1.79. The molecule has 3 aliphatic heterocycles. The second-order valence-corrected chi connectivity index (χ2v) is 7.23. The van der Waals surface area contributed by atoms with E-state index in [0.29, 0.717) is 13.0 Å². The van der Waals surface area contributed by atoms with E-state index < -0.39 is 0 Å². The van der Waals surface area contributed by atoms with Crippen molar-refractivity contribution in [3.63, 3.8) is 0 Å². The van der Waals surface area contributed by atoms with Gasteiger partial charge in [0.2, 0.25) is 12.7 Å². The minimum Gasteiger partial charge on any atom is -0.454 e. The number of rotatable bonds is 4. The third-order valence-corrected chi connectivity index (χ3v) is 5.56. The van der Waals surface area contributed by atoms with Gasteiger partial charge in [0, 0.05) is 32.2 Å². The topological polar surface area (TPSA) is 57.2 Å². The maximum atomic E-state index is 12.9. The third-order valence-electron chi connectivity index (χ3n) is 5.56. The number of methoxy groups -OCH3 is 1. The Labute approximate surface area is 148 Å². The van der Waals surface area contributed by atoms with Gasteiger partial charge in [-0.1, -0.05) is 6.07 Å². The lowest BCUT2D eigenvalue weighted by Crippen LogP contribution is -2.58. The highest BCUT2D eigenvalue weighted by atomic mass is 16.7. The summed E-state index contributed by atoms with van der Waals surface area (Å²) >= 11 is 0. The molecule has 6 heteroatoms. The Balaban J connectivity index is 1.45. The van der Waals surface area contributed by atoms with E-state index in [9.17, 15) is 4.79 Å². The number of hydrogen-bond acceptors (Lipinski definition) is 5. The van der Waals surface area contributed by atoms with Gasteiger partial charge in [-0.25, -0.2) is 0 Å². The van der Waals surface area contributed by atoms with E-state index >= 15 is 0 Å². The quantitative estimate of drug-likeness (QED) is 0.834. The van der Waals surface area contributed by atoms with Gasteiger partial charge in [0.15, 0.2) is 11.5 Å². The zero-order valence-electron chi connectivity index (χ0n) is 14.7. The number of likely N-dealkylation sites (tertiary alicyclic amines) is 1. The van der Waals surface area contributed by atoms with E-state index in [4.69, 9.17) is 18.9 Å². The number of carbonyl (C=O) groups is 1. The van der Waals surface area contributed by atoms with Crippen molar-refractivity contribution in [3.8, 4) is 11.5 Å². The summed E-state index contributed by atoms with van der Waals surface area (Å²) in [6, 6.07) is 5.72. The average molecular weight is 347 g/mol. The van der Waals surface area contributed by atoms with Crippen LogP contribution in [0.25, 0.3) is 0 Å². The molecule has 0 spiro atoms. The highest BCUT2D eigenvalue weighted by Gasteiger charge is 2.46. The summed E-state index contributed by atoms with van der Waals surface area (Å²) in [6.45, 7) is 3.18. The van der Waals surface area contributed by atoms with E-state index in [1.807, 2.05) is 23.1 Å². The van der Waals surface area contributed by atoms with Crippen LogP contribution in [0.4, 0.5) is 0 Å². The second-order valence-electron chi connectivity index (χ2n) is 7.23. The second kappa shape index (κ2) is 6.84. The molecule has 2 unspecified atom stereocenters. The summed E-state index contributed by atoms with van der Waals surface area (Å²) in [4.78, 5) is 14.8. The summed E-state index contributed by atoms with van der Waals surface area (Å²) in [5, 5.41) is 0. The van der Waals surface area contributed by atoms with Crippen LogP contribution in [0, 0.1) is 5.41 Å². The first-order chi connectivity index (χ1) is 12.2. The summed E-state index contributed by atoms with van der Waals surface area (Å²) in [5.41, 5.74) is 0.896. The summed E-state index contributed by atoms with van der Waals surface area (Å²) in [6.07, 6.45) is 3.56. The lowest BCUT2D eigenvalue weighted by atomic mass is 9.73. The van der Waals surface area contributed by atoms with Gasteiger partial charge in [-0.15, -0.1) is 0 Å². The average Bonchev–Trinajstić information content (AvgIpc) is 3.09. The maximum absolute atomic E-state index is 12.9. The van der Waals surface area contributed by atoms with Gasteiger partial charge < -0.3 is 23.8 Å². The first-order valence-electron chi connectivity index (χ1n) is 8.97. The van der Waals surface area contributed by atoms with Crippen LogP contribution < -0.4 is 9.47 Å². The molecule has 1 aromatic rings. The third kappa shape index (κ3) is 3.20. The van der Waals surface area contributed by atoms with Crippen LogP contribution in [0.5, 0.6) is 11.5 Å². The highest BCUT2D eigenvalue weighted by molar-refractivity contribution is 5.79. The molecule has 2 atom stereocenters. The SMILES string of the molecule is COCC12CCCOC1CCN(C(=O)Cc1ccc3c(c1)OCO3)C2. The minimum atomic E-state index is -0.0597. The minimum absolute atomic E-state index is 0.0597. The number of ether oxygens (including phenoxy) is 4. The van der Waals surface area contributed by atoms with Crippen LogP contribution in [0.15, 0.2) is 18.2 Å². The molecule has 25 heavy (non-hydrogen) atoms. The molecular formula is C19H25NO5. The largest absolute Gasteiger partial charge is 0.454 e. The fourth-order valence-electron chi connectivity index (χ4n) is 4.34. The first-order valence-corrected chi connectivity index (χ1v) is 8.97. The standard InChI is InChI=1S/C19H25NO5/c1-22-12-19-6-2-8-23-17(19)5-7-20(11-19)18(21)10-14-3-4-15-16(9-14)25-13-24-15/h3-4,9,17H,2,5-8,10-13H2,1H3. The van der Waals surface area contributed by atoms with E-state index in [1.165, 1.54) is 0 Å². The van der Waals surface area contributed by atoms with E-state index in [-0.39, 0.29) is 24.2 Å². The normalized spacial score (nSPS) is 27.9. The van der Waals surface area contributed by atoms with Crippen molar-refractivity contribution in [2.75, 3.05) is 40.2 Å². The van der Waals surface area contributed by atoms with Crippen LogP contribution in [0.1, 0.15) is 24.8 Å². The van der Waals surface area contributed by atoms with Crippen LogP contribution in [0.2, 0.25) is 0 Å². The van der Waals surface area contributed by atoms with Gasteiger partial charge in [-0.2, -0.15) is 0 Å². The molecule has 0 N–H and O–H groups in total. The number of nitrogens with zero attached hydrogens (tertiary/aromatic N) is 1. The van der Waals surface area contributed by atoms with Gasteiger partial charge in [0.1, 0.15) is 0 Å². The predicted octanol–water partition coefficient (Wildman–Crippen LogP) is 2.00. The summed E-state index contributed by atoms with van der Waals surface area (Å²) in [7, 11) is 1.73. The van der Waals surface area contributed by atoms with Crippen molar-refractivity contribution in [2.24, 2.45) is 5.41 Å². The zero-order valence-corrected chi connectivity index (χ0v) is 14.7. The van der Waals surface area contributed by atoms with Crippen LogP contribution >= 0.6 is 0 Å². The Bertz CT molecular complexity index is 645. The molecule has 4 rings (SSSR count). The van der Waals surface area contributed by atoms with Crippen LogP contribution in [-0.2, 0) is 20.7 Å². The molecule has 136 valence electrons. The van der Waals surface area contributed by atoms with Crippen LogP contribution in [-0.4, -0.2) is 57.1 Å². The van der Waals surface area contributed by atoms with Crippen molar-refractivity contribution in [2.45, 2.75) is 31.8 Å². The molecule has 0 saturated carbocycles. The monoisotopic (exact) mass is 347 g/mol. The molecule has 2 saturated heterocycles. The van der Waals surface area contributed by atoms with E-state index in [0.717, 1.165) is 56.0 Å². The van der Waals surface area contributed by atoms with Crippen molar-refractivity contribution in [1.29, 1.82) is 0 Å². The lowest BCUT2D eigenvalue weighted by Gasteiger charge is -2.50. The Morgan fingerprint density at radius 3 is 3.12 bits per heavy atom. The Morgan fingerprint density at radius 2 is 2.24 bits per heavy atom. The molecular weight excluding hydrogens is 322 g/mol. The molecule has 0 radical (unpaired) electrons. The molecule has 0 bridgehead atoms. The number of piperidine rings is 1. The van der Waals surface area contributed by atoms with Gasteiger partial charge >= 0.3 is 0 Å². The number of amides is 1. The smallest absolute Gasteiger partial charge is 0.231 e. The molecule has 0 aliphatic carbocycles. The predicted molar refractivity (Wildman–Crippen MR) is 90.7 cm³/mol. The zero-order chi connectivity index (χ0) is 17.3. The van der Waals surface area contributed by atoms with Crippen molar-refractivity contribution in [1.82, 2.24) is 4.90 Å². The fourth-order valence-corrected chi connectivity index (χ4v) is 4.34. The lowest BCUT2D eigenvalue weighted by molar-refractivity contribution is -0.161. The Kier molecular flexibility index (Phi) is 4.56. The van der Waals surface area contributed by atoms with Gasteiger partial charge in [0.25, 0.3) is 0 Å². The number of carbonyl (C=O) groups excluding carboxylic acids is 1. The van der Waals surface area contributed by atoms with Gasteiger partial charge in [-0.05, 0) is 37.0 Å². The maximum Gasteiger partial charge on any atom is 0.231 e. The molecule has 3 aliphatic rings. The molecule has 1 amide bonds. The number of fused-ring (bicyclic) bond motifs is 2. The van der Waals surface area contributed by atoms with Crippen molar-refractivity contribution in [3.05, 3.63) is 23.8 Å². The molecule has 1 aromatic carbocycles. The number of benzene rings is 1. The molecule has 0 aromatic heterocycles. The molecule has 3 heterocycles. The summed E-state index contributed by atoms with van der Waals surface area (Å²) in [5.74, 6) is 1.62. The first kappa shape index (κ1) is 16.7. The van der Waals surface area contributed by atoms with Gasteiger partial charge in [0.05, 0.1) is 19.1 Å². The van der Waals surface area contributed by atoms with Crippen LogP contribution in [0.3, 0.4) is 0 Å². The van der Waals surface area contributed by atoms with E-state index in [2.05, 4.69) is 0 Å². The highest BCUT2D eigenvalue weighted by Crippen LogP contribution is 2.40. The van der Waals surface area contributed by atoms with Crippen molar-refractivity contribution >= 4 is 5.91 Å². The number of hydrogen-bond donors (Lipinski definition) is 0. The molecule has 2 fully saturated rings.